The number of carbonyl (C=O) groups is 1. The third-order valence-electron chi connectivity index (χ3n) is 2.67. The van der Waals surface area contributed by atoms with Crippen LogP contribution in [0.1, 0.15) is 30.6 Å². The van der Waals surface area contributed by atoms with Gasteiger partial charge in [-0.25, -0.2) is 0 Å². The lowest BCUT2D eigenvalue weighted by atomic mass is 10.0. The lowest BCUT2D eigenvalue weighted by molar-refractivity contribution is 0.0912. The number of hydrogen-bond acceptors (Lipinski definition) is 1. The molecular formula is C12H14BrCl2NO. The first kappa shape index (κ1) is 14.8. The number of benzene rings is 1. The zero-order chi connectivity index (χ0) is 13.1. The lowest BCUT2D eigenvalue weighted by Gasteiger charge is -2.27. The Labute approximate surface area is 120 Å². The lowest BCUT2D eigenvalue weighted by Crippen LogP contribution is -2.47. The van der Waals surface area contributed by atoms with E-state index in [9.17, 15) is 4.79 Å². The van der Waals surface area contributed by atoms with Gasteiger partial charge in [-0.3, -0.25) is 4.79 Å². The Hall–Kier alpha value is -0.250. The van der Waals surface area contributed by atoms with Crippen LogP contribution >= 0.6 is 39.1 Å². The van der Waals surface area contributed by atoms with Crippen molar-refractivity contribution < 1.29 is 4.79 Å². The first-order valence-corrected chi connectivity index (χ1v) is 6.96. The van der Waals surface area contributed by atoms with Crippen LogP contribution in [-0.4, -0.2) is 17.3 Å². The average molecular weight is 339 g/mol. The Kier molecular flexibility index (Phi) is 5.29. The molecule has 0 fully saturated rings. The molecule has 0 bridgehead atoms. The third kappa shape index (κ3) is 3.87. The maximum atomic E-state index is 12.0. The van der Waals surface area contributed by atoms with Crippen LogP contribution in [0, 0.1) is 0 Å². The summed E-state index contributed by atoms with van der Waals surface area (Å²) in [5.74, 6) is 0.233. The summed E-state index contributed by atoms with van der Waals surface area (Å²) in [6.07, 6.45) is 0.775. The number of rotatable bonds is 4. The van der Waals surface area contributed by atoms with Gasteiger partial charge in [0.05, 0.1) is 10.6 Å². The molecule has 94 valence electrons. The normalized spacial score (nSPS) is 14.2. The van der Waals surface area contributed by atoms with Gasteiger partial charge in [-0.2, -0.15) is 0 Å². The molecule has 0 aliphatic heterocycles. The second kappa shape index (κ2) is 6.07. The monoisotopic (exact) mass is 337 g/mol. The number of alkyl halides is 1. The highest BCUT2D eigenvalue weighted by Gasteiger charge is 2.23. The highest BCUT2D eigenvalue weighted by atomic mass is 79.9. The summed E-state index contributed by atoms with van der Waals surface area (Å²) < 4.78 is 0.705. The molecule has 1 N–H and O–H groups in total. The number of nitrogens with one attached hydrogen (secondary N) is 1. The molecule has 1 aromatic carbocycles. The molecule has 0 saturated carbocycles. The first-order valence-electron chi connectivity index (χ1n) is 5.25. The van der Waals surface area contributed by atoms with Crippen LogP contribution in [0.2, 0.25) is 5.02 Å². The zero-order valence-corrected chi connectivity index (χ0v) is 12.8. The van der Waals surface area contributed by atoms with E-state index < -0.39 is 0 Å². The average Bonchev–Trinajstić information content (AvgIpc) is 2.32. The van der Waals surface area contributed by atoms with Gasteiger partial charge >= 0.3 is 0 Å². The van der Waals surface area contributed by atoms with Gasteiger partial charge in [0.15, 0.2) is 0 Å². The van der Waals surface area contributed by atoms with Crippen molar-refractivity contribution in [2.45, 2.75) is 25.8 Å². The molecule has 1 amide bonds. The molecule has 1 unspecified atom stereocenters. The zero-order valence-electron chi connectivity index (χ0n) is 9.69. The van der Waals surface area contributed by atoms with Gasteiger partial charge in [0.2, 0.25) is 0 Å². The first-order chi connectivity index (χ1) is 7.91. The minimum absolute atomic E-state index is 0.146. The van der Waals surface area contributed by atoms with Crippen molar-refractivity contribution in [1.29, 1.82) is 0 Å². The van der Waals surface area contributed by atoms with Gasteiger partial charge < -0.3 is 5.32 Å². The molecule has 17 heavy (non-hydrogen) atoms. The van der Waals surface area contributed by atoms with Crippen molar-refractivity contribution in [2.75, 3.05) is 5.88 Å². The molecule has 0 radical (unpaired) electrons. The van der Waals surface area contributed by atoms with Gasteiger partial charge in [0.25, 0.3) is 5.91 Å². The number of hydrogen-bond donors (Lipinski definition) is 1. The standard InChI is InChI=1S/C12H14BrCl2NO/c1-3-12(2,7-14)16-11(17)8-4-5-10(15)9(13)6-8/h4-6H,3,7H2,1-2H3,(H,16,17). The van der Waals surface area contributed by atoms with E-state index in [4.69, 9.17) is 23.2 Å². The van der Waals surface area contributed by atoms with Gasteiger partial charge in [-0.05, 0) is 47.5 Å². The summed E-state index contributed by atoms with van der Waals surface area (Å²) >= 11 is 15.0. The van der Waals surface area contributed by atoms with Crippen molar-refractivity contribution in [1.82, 2.24) is 5.32 Å². The minimum atomic E-state index is -0.384. The molecule has 1 aromatic rings. The summed E-state index contributed by atoms with van der Waals surface area (Å²) in [6.45, 7) is 3.91. The fourth-order valence-electron chi connectivity index (χ4n) is 1.20. The Morgan fingerprint density at radius 3 is 2.65 bits per heavy atom. The Balaban J connectivity index is 2.86. The summed E-state index contributed by atoms with van der Waals surface area (Å²) in [5, 5.41) is 3.50. The summed E-state index contributed by atoms with van der Waals surface area (Å²) in [4.78, 5) is 12.0. The second-order valence-corrected chi connectivity index (χ2v) is 5.66. The molecule has 5 heteroatoms. The molecule has 1 rings (SSSR count). The predicted octanol–water partition coefficient (Wildman–Crippen LogP) is 4.24. The van der Waals surface area contributed by atoms with Crippen LogP contribution < -0.4 is 5.32 Å². The topological polar surface area (TPSA) is 29.1 Å². The maximum Gasteiger partial charge on any atom is 0.251 e. The van der Waals surface area contributed by atoms with Crippen molar-refractivity contribution in [3.8, 4) is 0 Å². The fourth-order valence-corrected chi connectivity index (χ4v) is 1.95. The largest absolute Gasteiger partial charge is 0.346 e. The van der Waals surface area contributed by atoms with Gasteiger partial charge in [-0.15, -0.1) is 11.6 Å². The van der Waals surface area contributed by atoms with Crippen LogP contribution in [0.15, 0.2) is 22.7 Å². The van der Waals surface area contributed by atoms with E-state index in [1.165, 1.54) is 0 Å². The molecule has 2 nitrogen and oxygen atoms in total. The minimum Gasteiger partial charge on any atom is -0.346 e. The van der Waals surface area contributed by atoms with E-state index in [0.29, 0.717) is 20.9 Å². The molecule has 0 saturated heterocycles. The van der Waals surface area contributed by atoms with Crippen molar-refractivity contribution in [3.05, 3.63) is 33.3 Å². The smallest absolute Gasteiger partial charge is 0.251 e. The molecule has 0 aromatic heterocycles. The van der Waals surface area contributed by atoms with E-state index in [1.54, 1.807) is 18.2 Å². The maximum absolute atomic E-state index is 12.0. The number of halogens is 3. The Morgan fingerprint density at radius 1 is 1.53 bits per heavy atom. The van der Waals surface area contributed by atoms with E-state index in [2.05, 4.69) is 21.2 Å². The van der Waals surface area contributed by atoms with Crippen molar-refractivity contribution in [2.24, 2.45) is 0 Å². The highest BCUT2D eigenvalue weighted by Crippen LogP contribution is 2.23. The second-order valence-electron chi connectivity index (χ2n) is 4.13. The molecule has 0 heterocycles. The van der Waals surface area contributed by atoms with Gasteiger partial charge in [0, 0.05) is 15.9 Å². The predicted molar refractivity (Wildman–Crippen MR) is 76.0 cm³/mol. The summed E-state index contributed by atoms with van der Waals surface area (Å²) in [5.41, 5.74) is 0.177. The molecule has 0 spiro atoms. The molecule has 0 aliphatic carbocycles. The Morgan fingerprint density at radius 2 is 2.18 bits per heavy atom. The molecule has 0 aliphatic rings. The van der Waals surface area contributed by atoms with Crippen molar-refractivity contribution >= 4 is 45.0 Å². The fraction of sp³-hybridized carbons (Fsp3) is 0.417. The summed E-state index contributed by atoms with van der Waals surface area (Å²) in [6, 6.07) is 5.07. The third-order valence-corrected chi connectivity index (χ3v) is 4.48. The van der Waals surface area contributed by atoms with E-state index >= 15 is 0 Å². The number of carbonyl (C=O) groups excluding carboxylic acids is 1. The van der Waals surface area contributed by atoms with Gasteiger partial charge in [-0.1, -0.05) is 18.5 Å². The molecule has 1 atom stereocenters. The van der Waals surface area contributed by atoms with E-state index in [-0.39, 0.29) is 11.4 Å². The molecular weight excluding hydrogens is 325 g/mol. The van der Waals surface area contributed by atoms with Crippen molar-refractivity contribution in [3.63, 3.8) is 0 Å². The summed E-state index contributed by atoms with van der Waals surface area (Å²) in [7, 11) is 0. The quantitative estimate of drug-likeness (QED) is 0.817. The van der Waals surface area contributed by atoms with Gasteiger partial charge in [0.1, 0.15) is 0 Å². The van der Waals surface area contributed by atoms with E-state index in [1.807, 2.05) is 13.8 Å². The Bertz CT molecular complexity index is 419. The SMILES string of the molecule is CCC(C)(CCl)NC(=O)c1ccc(Cl)c(Br)c1. The van der Waals surface area contributed by atoms with Crippen LogP contribution in [0.25, 0.3) is 0 Å². The van der Waals surface area contributed by atoms with Crippen LogP contribution in [0.3, 0.4) is 0 Å². The van der Waals surface area contributed by atoms with E-state index in [0.717, 1.165) is 6.42 Å². The van der Waals surface area contributed by atoms with Crippen LogP contribution in [0.5, 0.6) is 0 Å². The van der Waals surface area contributed by atoms with Crippen LogP contribution in [0.4, 0.5) is 0 Å². The van der Waals surface area contributed by atoms with Crippen LogP contribution in [-0.2, 0) is 0 Å². The number of amides is 1. The highest BCUT2D eigenvalue weighted by molar-refractivity contribution is 9.10.